The van der Waals surface area contributed by atoms with Crippen molar-refractivity contribution in [3.8, 4) is 5.75 Å². The molecule has 3 N–H and O–H groups in total. The van der Waals surface area contributed by atoms with Crippen molar-refractivity contribution in [1.82, 2.24) is 5.32 Å². The summed E-state index contributed by atoms with van der Waals surface area (Å²) in [5, 5.41) is 14.4. The lowest BCUT2D eigenvalue weighted by atomic mass is 10.1. The lowest BCUT2D eigenvalue weighted by molar-refractivity contribution is 0.225. The van der Waals surface area contributed by atoms with Gasteiger partial charge in [-0.1, -0.05) is 42.5 Å². The van der Waals surface area contributed by atoms with Crippen LogP contribution in [0.5, 0.6) is 5.75 Å². The van der Waals surface area contributed by atoms with E-state index in [4.69, 9.17) is 9.84 Å². The molecule has 0 aliphatic heterocycles. The summed E-state index contributed by atoms with van der Waals surface area (Å²) in [7, 11) is 0. The van der Waals surface area contributed by atoms with Gasteiger partial charge in [-0.2, -0.15) is 0 Å². The highest BCUT2D eigenvalue weighted by Crippen LogP contribution is 2.28. The second kappa shape index (κ2) is 8.19. The Balaban J connectivity index is 2.07. The minimum Gasteiger partial charge on any atom is -0.484 e. The van der Waals surface area contributed by atoms with Crippen LogP contribution in [0.2, 0.25) is 0 Å². The quantitative estimate of drug-likeness (QED) is 0.766. The molecule has 0 fully saturated rings. The highest BCUT2D eigenvalue weighted by Gasteiger charge is 2.12. The number of ether oxygens (including phenoxy) is 1. The molecule has 0 radical (unpaired) electrons. The van der Waals surface area contributed by atoms with E-state index >= 15 is 0 Å². The van der Waals surface area contributed by atoms with Crippen LogP contribution >= 0.6 is 0 Å². The lowest BCUT2D eigenvalue weighted by Gasteiger charge is -2.19. The topological polar surface area (TPSA) is 70.6 Å². The van der Waals surface area contributed by atoms with E-state index in [1.807, 2.05) is 55.5 Å². The Morgan fingerprint density at radius 1 is 1.09 bits per heavy atom. The van der Waals surface area contributed by atoms with Gasteiger partial charge < -0.3 is 20.5 Å². The molecule has 23 heavy (non-hydrogen) atoms. The van der Waals surface area contributed by atoms with Crippen LogP contribution in [0, 0.1) is 0 Å². The second-order valence-corrected chi connectivity index (χ2v) is 5.35. The number of anilines is 1. The molecule has 0 bridgehead atoms. The summed E-state index contributed by atoms with van der Waals surface area (Å²) in [5.74, 6) is 0.593. The van der Waals surface area contributed by atoms with Crippen molar-refractivity contribution in [3.63, 3.8) is 0 Å². The molecule has 0 aliphatic carbocycles. The summed E-state index contributed by atoms with van der Waals surface area (Å²) in [6, 6.07) is 16.4. The number of hydrogen-bond donors (Lipinski definition) is 3. The number of benzene rings is 2. The molecule has 5 heteroatoms. The van der Waals surface area contributed by atoms with Gasteiger partial charge in [-0.15, -0.1) is 0 Å². The number of nitrogens with one attached hydrogen (secondary N) is 2. The summed E-state index contributed by atoms with van der Waals surface area (Å²) in [6.07, 6.45) is -0.140. The number of amides is 2. The molecule has 122 valence electrons. The lowest BCUT2D eigenvalue weighted by Crippen LogP contribution is -2.38. The Morgan fingerprint density at radius 2 is 1.74 bits per heavy atom. The van der Waals surface area contributed by atoms with Gasteiger partial charge in [0.25, 0.3) is 0 Å². The molecular formula is C18H22N2O3. The van der Waals surface area contributed by atoms with E-state index in [9.17, 15) is 4.79 Å². The van der Waals surface area contributed by atoms with E-state index in [1.165, 1.54) is 0 Å². The highest BCUT2D eigenvalue weighted by atomic mass is 16.5. The highest BCUT2D eigenvalue weighted by molar-refractivity contribution is 5.91. The molecule has 2 unspecified atom stereocenters. The molecule has 0 saturated heterocycles. The van der Waals surface area contributed by atoms with Crippen LogP contribution < -0.4 is 15.4 Å². The molecule has 5 nitrogen and oxygen atoms in total. The first-order chi connectivity index (χ1) is 11.1. The first-order valence-electron chi connectivity index (χ1n) is 7.59. The fourth-order valence-corrected chi connectivity index (χ4v) is 2.08. The maximum absolute atomic E-state index is 11.9. The van der Waals surface area contributed by atoms with Gasteiger partial charge >= 0.3 is 6.03 Å². The van der Waals surface area contributed by atoms with E-state index in [2.05, 4.69) is 10.6 Å². The van der Waals surface area contributed by atoms with Crippen LogP contribution in [0.25, 0.3) is 0 Å². The predicted octanol–water partition coefficient (Wildman–Crippen LogP) is 3.33. The molecule has 0 aliphatic rings. The van der Waals surface area contributed by atoms with E-state index in [0.29, 0.717) is 11.4 Å². The van der Waals surface area contributed by atoms with Crippen molar-refractivity contribution in [2.75, 3.05) is 11.9 Å². The monoisotopic (exact) mass is 314 g/mol. The number of carbonyl (C=O) groups excluding carboxylic acids is 1. The number of hydrogen-bond acceptors (Lipinski definition) is 3. The van der Waals surface area contributed by atoms with Crippen molar-refractivity contribution in [1.29, 1.82) is 0 Å². The molecular weight excluding hydrogens is 292 g/mol. The standard InChI is InChI=1S/C18H22N2O3/c1-13(12-21)19-18(22)20-16-10-6-7-11-17(16)23-14(2)15-8-4-3-5-9-15/h3-11,13-14,21H,12H2,1-2H3,(H2,19,20,22). The maximum atomic E-state index is 11.9. The number of carbonyl (C=O) groups is 1. The van der Waals surface area contributed by atoms with Gasteiger partial charge in [0.1, 0.15) is 11.9 Å². The molecule has 0 aromatic heterocycles. The number of rotatable bonds is 6. The third-order valence-corrected chi connectivity index (χ3v) is 3.36. The molecule has 2 atom stereocenters. The molecule has 2 amide bonds. The summed E-state index contributed by atoms with van der Waals surface area (Å²) in [4.78, 5) is 11.9. The summed E-state index contributed by atoms with van der Waals surface area (Å²) in [6.45, 7) is 3.57. The van der Waals surface area contributed by atoms with Crippen molar-refractivity contribution < 1.29 is 14.6 Å². The number of urea groups is 1. The number of aliphatic hydroxyl groups is 1. The van der Waals surface area contributed by atoms with Gasteiger partial charge in [0.2, 0.25) is 0 Å². The zero-order chi connectivity index (χ0) is 16.7. The van der Waals surface area contributed by atoms with Crippen LogP contribution in [-0.4, -0.2) is 23.8 Å². The van der Waals surface area contributed by atoms with E-state index in [0.717, 1.165) is 5.56 Å². The molecule has 2 rings (SSSR count). The van der Waals surface area contributed by atoms with Gasteiger partial charge in [-0.05, 0) is 31.5 Å². The minimum absolute atomic E-state index is 0.114. The summed E-state index contributed by atoms with van der Waals surface area (Å²) < 4.78 is 5.97. The molecule has 0 spiro atoms. The van der Waals surface area contributed by atoms with Gasteiger partial charge in [0.15, 0.2) is 0 Å². The maximum Gasteiger partial charge on any atom is 0.319 e. The van der Waals surface area contributed by atoms with E-state index in [-0.39, 0.29) is 24.8 Å². The third kappa shape index (κ3) is 5.00. The Bertz CT molecular complexity index is 631. The largest absolute Gasteiger partial charge is 0.484 e. The normalized spacial score (nSPS) is 13.0. The Hall–Kier alpha value is -2.53. The van der Waals surface area contributed by atoms with Crippen molar-refractivity contribution in [2.24, 2.45) is 0 Å². The molecule has 2 aromatic carbocycles. The third-order valence-electron chi connectivity index (χ3n) is 3.36. The van der Waals surface area contributed by atoms with Gasteiger partial charge in [-0.3, -0.25) is 0 Å². The summed E-state index contributed by atoms with van der Waals surface area (Å²) >= 11 is 0. The van der Waals surface area contributed by atoms with Crippen molar-refractivity contribution in [2.45, 2.75) is 26.0 Å². The predicted molar refractivity (Wildman–Crippen MR) is 90.6 cm³/mol. The van der Waals surface area contributed by atoms with Crippen LogP contribution in [0.1, 0.15) is 25.5 Å². The van der Waals surface area contributed by atoms with Crippen molar-refractivity contribution >= 4 is 11.7 Å². The molecule has 2 aromatic rings. The zero-order valence-corrected chi connectivity index (χ0v) is 13.3. The average Bonchev–Trinajstić information content (AvgIpc) is 2.57. The average molecular weight is 314 g/mol. The Labute approximate surface area is 136 Å². The number of para-hydroxylation sites is 2. The second-order valence-electron chi connectivity index (χ2n) is 5.35. The van der Waals surface area contributed by atoms with E-state index in [1.54, 1.807) is 13.0 Å². The first-order valence-corrected chi connectivity index (χ1v) is 7.59. The Morgan fingerprint density at radius 3 is 2.43 bits per heavy atom. The fourth-order valence-electron chi connectivity index (χ4n) is 2.08. The summed E-state index contributed by atoms with van der Waals surface area (Å²) in [5.41, 5.74) is 1.64. The smallest absolute Gasteiger partial charge is 0.319 e. The van der Waals surface area contributed by atoms with Crippen LogP contribution in [-0.2, 0) is 0 Å². The molecule has 0 saturated carbocycles. The fraction of sp³-hybridized carbons (Fsp3) is 0.278. The van der Waals surface area contributed by atoms with Gasteiger partial charge in [0.05, 0.1) is 18.3 Å². The van der Waals surface area contributed by atoms with Gasteiger partial charge in [-0.25, -0.2) is 4.79 Å². The minimum atomic E-state index is -0.380. The zero-order valence-electron chi connectivity index (χ0n) is 13.3. The number of aliphatic hydroxyl groups excluding tert-OH is 1. The van der Waals surface area contributed by atoms with Crippen LogP contribution in [0.15, 0.2) is 54.6 Å². The van der Waals surface area contributed by atoms with Crippen molar-refractivity contribution in [3.05, 3.63) is 60.2 Å². The van der Waals surface area contributed by atoms with Crippen LogP contribution in [0.3, 0.4) is 0 Å². The van der Waals surface area contributed by atoms with E-state index < -0.39 is 0 Å². The molecule has 0 heterocycles. The first kappa shape index (κ1) is 16.8. The van der Waals surface area contributed by atoms with Gasteiger partial charge in [0, 0.05) is 0 Å². The Kier molecular flexibility index (Phi) is 6.00. The van der Waals surface area contributed by atoms with Crippen LogP contribution in [0.4, 0.5) is 10.5 Å². The SMILES string of the molecule is CC(CO)NC(=O)Nc1ccccc1OC(C)c1ccccc1.